The molecule has 2 amide bonds. The SMILES string of the molecule is COc1ccc([C@H](c2ccc(Cl)cc2)[C@H](NC(=O)O)C(=O)N[C@H]2CCC[C@@H]2CC[C@H]2CN[C@@H]3CCCS(=O)(=O)N2C3)cn1. The summed E-state index contributed by atoms with van der Waals surface area (Å²) >= 11 is 6.14. The van der Waals surface area contributed by atoms with Crippen molar-refractivity contribution in [2.75, 3.05) is 26.0 Å². The lowest BCUT2D eigenvalue weighted by atomic mass is 9.85. The number of halogens is 1. The van der Waals surface area contributed by atoms with E-state index in [4.69, 9.17) is 16.3 Å². The summed E-state index contributed by atoms with van der Waals surface area (Å²) < 4.78 is 32.7. The third-order valence-corrected chi connectivity index (χ3v) is 11.3. The summed E-state index contributed by atoms with van der Waals surface area (Å²) in [5, 5.41) is 19.4. The van der Waals surface area contributed by atoms with Crippen LogP contribution in [0.25, 0.3) is 0 Å². The first kappa shape index (κ1) is 31.5. The molecule has 3 heterocycles. The minimum atomic E-state index is -3.27. The van der Waals surface area contributed by atoms with E-state index in [1.165, 1.54) is 7.11 Å². The van der Waals surface area contributed by atoms with Gasteiger partial charge in [0.1, 0.15) is 6.04 Å². The van der Waals surface area contributed by atoms with Crippen LogP contribution in [-0.2, 0) is 14.8 Å². The molecule has 234 valence electrons. The van der Waals surface area contributed by atoms with Crippen molar-refractivity contribution < 1.29 is 27.9 Å². The molecule has 1 aromatic heterocycles. The largest absolute Gasteiger partial charge is 0.481 e. The first-order valence-electron chi connectivity index (χ1n) is 14.9. The van der Waals surface area contributed by atoms with E-state index >= 15 is 0 Å². The number of piperazine rings is 1. The Labute approximate surface area is 257 Å². The van der Waals surface area contributed by atoms with Gasteiger partial charge in [0.25, 0.3) is 0 Å². The standard InChI is InChI=1S/C30H40ClN5O6S/c1-42-26-14-10-21(16-33-26)27(20-7-11-22(31)12-8-20)28(35-30(38)39)29(37)34-25-6-2-4-19(25)9-13-24-17-32-23-5-3-15-43(40,41)36(24)18-23/h7-8,10-12,14,16,19,23-25,27-28,32,35H,2-6,9,13,15,17-18H2,1H3,(H,34,37)(H,38,39)/t19-,23-,24+,25+,27+,28+/m1/s1. The molecular formula is C30H40ClN5O6S. The van der Waals surface area contributed by atoms with Gasteiger partial charge in [-0.05, 0) is 67.7 Å². The molecule has 5 rings (SSSR count). The van der Waals surface area contributed by atoms with Crippen molar-refractivity contribution >= 4 is 33.6 Å². The zero-order chi connectivity index (χ0) is 30.6. The molecule has 0 radical (unpaired) electrons. The van der Waals surface area contributed by atoms with Crippen molar-refractivity contribution in [3.05, 3.63) is 58.7 Å². The minimum Gasteiger partial charge on any atom is -0.481 e. The Morgan fingerprint density at radius 2 is 1.88 bits per heavy atom. The molecule has 2 aromatic rings. The highest BCUT2D eigenvalue weighted by molar-refractivity contribution is 7.89. The van der Waals surface area contributed by atoms with Crippen LogP contribution in [-0.4, -0.2) is 84.9 Å². The molecule has 11 nitrogen and oxygen atoms in total. The molecule has 4 N–H and O–H groups in total. The summed E-state index contributed by atoms with van der Waals surface area (Å²) in [4.78, 5) is 30.2. The molecule has 1 unspecified atom stereocenters. The van der Waals surface area contributed by atoms with E-state index in [0.717, 1.165) is 32.1 Å². The van der Waals surface area contributed by atoms with Gasteiger partial charge >= 0.3 is 6.09 Å². The maximum Gasteiger partial charge on any atom is 0.405 e. The molecule has 1 aliphatic carbocycles. The van der Waals surface area contributed by atoms with E-state index in [2.05, 4.69) is 20.9 Å². The Hall–Kier alpha value is -2.93. The first-order chi connectivity index (χ1) is 20.6. The van der Waals surface area contributed by atoms with E-state index in [0.29, 0.717) is 48.0 Å². The zero-order valence-electron chi connectivity index (χ0n) is 24.2. The summed E-state index contributed by atoms with van der Waals surface area (Å²) in [6, 6.07) is 9.23. The Kier molecular flexibility index (Phi) is 10.1. The number of methoxy groups -OCH3 is 1. The molecule has 0 spiro atoms. The monoisotopic (exact) mass is 633 g/mol. The Morgan fingerprint density at radius 3 is 2.58 bits per heavy atom. The van der Waals surface area contributed by atoms with Gasteiger partial charge in [-0.2, -0.15) is 4.31 Å². The number of carbonyl (C=O) groups is 2. The fraction of sp³-hybridized carbons (Fsp3) is 0.567. The number of pyridine rings is 1. The maximum absolute atomic E-state index is 13.9. The number of hydrogen-bond acceptors (Lipinski definition) is 7. The number of ether oxygens (including phenoxy) is 1. The van der Waals surface area contributed by atoms with Gasteiger partial charge in [0.15, 0.2) is 0 Å². The molecule has 3 aliphatic rings. The molecule has 1 saturated carbocycles. The van der Waals surface area contributed by atoms with E-state index in [9.17, 15) is 23.1 Å². The summed E-state index contributed by atoms with van der Waals surface area (Å²) in [5.41, 5.74) is 1.34. The van der Waals surface area contributed by atoms with Crippen LogP contribution < -0.4 is 20.7 Å². The average Bonchev–Trinajstić information content (AvgIpc) is 3.38. The Balaban J connectivity index is 1.32. The van der Waals surface area contributed by atoms with Crippen LogP contribution in [0.2, 0.25) is 5.02 Å². The molecule has 2 saturated heterocycles. The zero-order valence-corrected chi connectivity index (χ0v) is 25.8. The molecule has 3 fully saturated rings. The van der Waals surface area contributed by atoms with Crippen molar-refractivity contribution in [1.82, 2.24) is 25.2 Å². The lowest BCUT2D eigenvalue weighted by molar-refractivity contribution is -0.124. The van der Waals surface area contributed by atoms with Gasteiger partial charge in [0.2, 0.25) is 21.8 Å². The quantitative estimate of drug-likeness (QED) is 0.311. The van der Waals surface area contributed by atoms with Crippen molar-refractivity contribution in [3.8, 4) is 5.88 Å². The van der Waals surface area contributed by atoms with Crippen LogP contribution in [0.4, 0.5) is 4.79 Å². The predicted octanol–water partition coefficient (Wildman–Crippen LogP) is 3.34. The number of benzene rings is 1. The topological polar surface area (TPSA) is 150 Å². The van der Waals surface area contributed by atoms with Gasteiger partial charge in [-0.25, -0.2) is 18.2 Å². The van der Waals surface area contributed by atoms with E-state index in [1.54, 1.807) is 46.9 Å². The van der Waals surface area contributed by atoms with Gasteiger partial charge in [-0.1, -0.05) is 36.2 Å². The Bertz CT molecular complexity index is 1380. The number of nitrogens with one attached hydrogen (secondary N) is 3. The molecule has 2 bridgehead atoms. The number of carbonyl (C=O) groups excluding carboxylic acids is 1. The fourth-order valence-electron chi connectivity index (χ4n) is 6.87. The second kappa shape index (κ2) is 13.8. The van der Waals surface area contributed by atoms with Crippen LogP contribution in [0.1, 0.15) is 62.0 Å². The highest BCUT2D eigenvalue weighted by Crippen LogP contribution is 2.34. The lowest BCUT2D eigenvalue weighted by Gasteiger charge is -2.38. The minimum absolute atomic E-state index is 0.102. The summed E-state index contributed by atoms with van der Waals surface area (Å²) in [5.74, 6) is -0.344. The van der Waals surface area contributed by atoms with Gasteiger partial charge in [-0.3, -0.25) is 4.79 Å². The smallest absolute Gasteiger partial charge is 0.405 e. The highest BCUT2D eigenvalue weighted by Gasteiger charge is 2.40. The first-order valence-corrected chi connectivity index (χ1v) is 16.9. The van der Waals surface area contributed by atoms with Crippen molar-refractivity contribution in [2.24, 2.45) is 5.92 Å². The van der Waals surface area contributed by atoms with E-state index in [1.807, 2.05) is 0 Å². The predicted molar refractivity (Wildman–Crippen MR) is 163 cm³/mol. The van der Waals surface area contributed by atoms with E-state index < -0.39 is 34.0 Å². The number of nitrogens with zero attached hydrogens (tertiary/aromatic N) is 2. The number of amides is 2. The van der Waals surface area contributed by atoms with Crippen molar-refractivity contribution in [3.63, 3.8) is 0 Å². The average molecular weight is 634 g/mol. The van der Waals surface area contributed by atoms with Gasteiger partial charge in [-0.15, -0.1) is 0 Å². The van der Waals surface area contributed by atoms with Crippen LogP contribution in [0, 0.1) is 5.92 Å². The lowest BCUT2D eigenvalue weighted by Crippen LogP contribution is -2.57. The normalized spacial score (nSPS) is 27.8. The fourth-order valence-corrected chi connectivity index (χ4v) is 8.81. The van der Waals surface area contributed by atoms with Crippen LogP contribution >= 0.6 is 11.6 Å². The summed E-state index contributed by atoms with van der Waals surface area (Å²) in [7, 11) is -1.77. The van der Waals surface area contributed by atoms with Crippen LogP contribution in [0.5, 0.6) is 5.88 Å². The van der Waals surface area contributed by atoms with Gasteiger partial charge < -0.3 is 25.8 Å². The van der Waals surface area contributed by atoms with E-state index in [-0.39, 0.29) is 29.8 Å². The number of carboxylic acid groups (broad SMARTS) is 1. The van der Waals surface area contributed by atoms with Crippen LogP contribution in [0.3, 0.4) is 0 Å². The highest BCUT2D eigenvalue weighted by atomic mass is 35.5. The Morgan fingerprint density at radius 1 is 1.12 bits per heavy atom. The molecule has 13 heteroatoms. The molecule has 2 aliphatic heterocycles. The van der Waals surface area contributed by atoms with Crippen molar-refractivity contribution in [2.45, 2.75) is 75.0 Å². The maximum atomic E-state index is 13.9. The molecule has 7 atom stereocenters. The molecule has 43 heavy (non-hydrogen) atoms. The molecule has 1 aromatic carbocycles. The van der Waals surface area contributed by atoms with Gasteiger partial charge in [0.05, 0.1) is 12.9 Å². The number of sulfonamides is 1. The second-order valence-electron chi connectivity index (χ2n) is 11.8. The van der Waals surface area contributed by atoms with Crippen molar-refractivity contribution in [1.29, 1.82) is 0 Å². The van der Waals surface area contributed by atoms with Gasteiger partial charge in [0, 0.05) is 54.4 Å². The number of aromatic nitrogens is 1. The molecular weight excluding hydrogens is 594 g/mol. The number of hydrogen-bond donors (Lipinski definition) is 4. The van der Waals surface area contributed by atoms with Crippen LogP contribution in [0.15, 0.2) is 42.6 Å². The summed E-state index contributed by atoms with van der Waals surface area (Å²) in [6.45, 7) is 1.16. The second-order valence-corrected chi connectivity index (χ2v) is 14.2. The third kappa shape index (κ3) is 7.60. The third-order valence-electron chi connectivity index (χ3n) is 9.07. The number of rotatable bonds is 10. The number of fused-ring (bicyclic) bond motifs is 2. The summed E-state index contributed by atoms with van der Waals surface area (Å²) in [6.07, 6.45) is 5.92.